The molecule has 98 valence electrons. The zero-order chi connectivity index (χ0) is 12.1. The number of rotatable bonds is 3. The maximum atomic E-state index is 4.37. The van der Waals surface area contributed by atoms with Gasteiger partial charge in [0.25, 0.3) is 0 Å². The summed E-state index contributed by atoms with van der Waals surface area (Å²) in [4.78, 5) is 0. The van der Waals surface area contributed by atoms with Crippen molar-refractivity contribution in [3.05, 3.63) is 12.4 Å². The molecular weight excluding hydrogens is 222 g/mol. The van der Waals surface area contributed by atoms with Crippen LogP contribution in [0.2, 0.25) is 0 Å². The maximum absolute atomic E-state index is 4.37. The smallest absolute Gasteiger partial charge is 0.0728 e. The van der Waals surface area contributed by atoms with Gasteiger partial charge >= 0.3 is 0 Å². The molecule has 1 N–H and O–H groups in total. The molecule has 0 saturated heterocycles. The van der Waals surface area contributed by atoms with Crippen LogP contribution < -0.4 is 5.32 Å². The summed E-state index contributed by atoms with van der Waals surface area (Å²) < 4.78 is 2.01. The Kier molecular flexibility index (Phi) is 2.42. The number of aryl methyl sites for hydroxylation is 1. The van der Waals surface area contributed by atoms with Crippen molar-refractivity contribution in [2.24, 2.45) is 23.7 Å². The molecule has 0 spiro atoms. The van der Waals surface area contributed by atoms with Crippen LogP contribution in [0.1, 0.15) is 39.0 Å². The number of hydrogen-bond donors (Lipinski definition) is 1. The van der Waals surface area contributed by atoms with E-state index in [1.165, 1.54) is 37.8 Å². The second-order valence-corrected chi connectivity index (χ2v) is 6.69. The SMILES string of the molecule is CCn1cc(NC2C3CC4CC(C3)CC2C4)cn1. The first-order valence-electron chi connectivity index (χ1n) is 7.60. The molecule has 1 aromatic heterocycles. The van der Waals surface area contributed by atoms with Crippen LogP contribution in [0.15, 0.2) is 12.4 Å². The zero-order valence-electron chi connectivity index (χ0n) is 11.2. The number of hydrogen-bond acceptors (Lipinski definition) is 2. The van der Waals surface area contributed by atoms with Gasteiger partial charge in [-0.05, 0) is 62.7 Å². The normalized spacial score (nSPS) is 41.3. The number of nitrogens with one attached hydrogen (secondary N) is 1. The van der Waals surface area contributed by atoms with Crippen LogP contribution in [-0.2, 0) is 6.54 Å². The fraction of sp³-hybridized carbons (Fsp3) is 0.800. The summed E-state index contributed by atoms with van der Waals surface area (Å²) in [6.07, 6.45) is 11.6. The van der Waals surface area contributed by atoms with Crippen LogP contribution in [0, 0.1) is 23.7 Å². The van der Waals surface area contributed by atoms with E-state index in [0.29, 0.717) is 0 Å². The first-order chi connectivity index (χ1) is 8.81. The van der Waals surface area contributed by atoms with Gasteiger partial charge in [-0.2, -0.15) is 5.10 Å². The highest BCUT2D eigenvalue weighted by Crippen LogP contribution is 2.54. The van der Waals surface area contributed by atoms with Crippen molar-refractivity contribution in [2.45, 2.75) is 51.6 Å². The standard InChI is InChI=1S/C15H23N3/c1-2-18-9-14(8-16-18)17-15-12-4-10-3-11(6-12)7-13(15)5-10/h8-13,15,17H,2-7H2,1H3. The van der Waals surface area contributed by atoms with E-state index < -0.39 is 0 Å². The van der Waals surface area contributed by atoms with Gasteiger partial charge in [0.1, 0.15) is 0 Å². The molecule has 0 aromatic carbocycles. The van der Waals surface area contributed by atoms with Crippen molar-refractivity contribution < 1.29 is 0 Å². The van der Waals surface area contributed by atoms with E-state index in [9.17, 15) is 0 Å². The first-order valence-corrected chi connectivity index (χ1v) is 7.60. The Balaban J connectivity index is 1.51. The lowest BCUT2D eigenvalue weighted by Crippen LogP contribution is -2.51. The Labute approximate surface area is 109 Å². The fourth-order valence-corrected chi connectivity index (χ4v) is 4.96. The largest absolute Gasteiger partial charge is 0.379 e. The monoisotopic (exact) mass is 245 g/mol. The van der Waals surface area contributed by atoms with E-state index in [1.54, 1.807) is 0 Å². The van der Waals surface area contributed by atoms with Crippen molar-refractivity contribution in [3.8, 4) is 0 Å². The predicted octanol–water partition coefficient (Wildman–Crippen LogP) is 3.14. The van der Waals surface area contributed by atoms with E-state index >= 15 is 0 Å². The van der Waals surface area contributed by atoms with Gasteiger partial charge in [-0.25, -0.2) is 0 Å². The van der Waals surface area contributed by atoms with Crippen LogP contribution >= 0.6 is 0 Å². The number of aromatic nitrogens is 2. The molecular formula is C15H23N3. The highest BCUT2D eigenvalue weighted by molar-refractivity contribution is 5.40. The molecule has 4 aliphatic carbocycles. The van der Waals surface area contributed by atoms with E-state index in [2.05, 4.69) is 23.5 Å². The van der Waals surface area contributed by atoms with Crippen molar-refractivity contribution >= 4 is 5.69 Å². The highest BCUT2D eigenvalue weighted by atomic mass is 15.3. The Morgan fingerprint density at radius 3 is 2.39 bits per heavy atom. The van der Waals surface area contributed by atoms with Gasteiger partial charge in [0, 0.05) is 18.8 Å². The molecule has 18 heavy (non-hydrogen) atoms. The molecule has 1 heterocycles. The Bertz CT molecular complexity index is 409. The Morgan fingerprint density at radius 2 is 1.83 bits per heavy atom. The lowest BCUT2D eigenvalue weighted by Gasteiger charge is -2.54. The fourth-order valence-electron chi connectivity index (χ4n) is 4.96. The molecule has 1 aromatic rings. The van der Waals surface area contributed by atoms with Gasteiger partial charge in [-0.1, -0.05) is 0 Å². The second-order valence-electron chi connectivity index (χ2n) is 6.69. The van der Waals surface area contributed by atoms with E-state index in [4.69, 9.17) is 0 Å². The number of anilines is 1. The molecule has 0 atom stereocenters. The van der Waals surface area contributed by atoms with Crippen LogP contribution in [0.5, 0.6) is 0 Å². The van der Waals surface area contributed by atoms with Crippen molar-refractivity contribution in [2.75, 3.05) is 5.32 Å². The lowest BCUT2D eigenvalue weighted by molar-refractivity contribution is 0.00754. The minimum absolute atomic E-state index is 0.729. The predicted molar refractivity (Wildman–Crippen MR) is 72.4 cm³/mol. The molecule has 4 bridgehead atoms. The van der Waals surface area contributed by atoms with Gasteiger partial charge in [-0.15, -0.1) is 0 Å². The second kappa shape index (κ2) is 4.01. The van der Waals surface area contributed by atoms with Gasteiger partial charge in [0.2, 0.25) is 0 Å². The van der Waals surface area contributed by atoms with Crippen molar-refractivity contribution in [1.82, 2.24) is 9.78 Å². The average Bonchev–Trinajstić information content (AvgIpc) is 2.80. The van der Waals surface area contributed by atoms with E-state index in [1.807, 2.05) is 10.9 Å². The van der Waals surface area contributed by atoms with Crippen LogP contribution in [0.3, 0.4) is 0 Å². The summed E-state index contributed by atoms with van der Waals surface area (Å²) in [5.41, 5.74) is 1.23. The topological polar surface area (TPSA) is 29.9 Å². The summed E-state index contributed by atoms with van der Waals surface area (Å²) in [6.45, 7) is 3.10. The summed E-state index contributed by atoms with van der Waals surface area (Å²) in [5, 5.41) is 8.17. The molecule has 0 unspecified atom stereocenters. The quantitative estimate of drug-likeness (QED) is 0.886. The molecule has 4 aliphatic rings. The van der Waals surface area contributed by atoms with Gasteiger partial charge in [0.05, 0.1) is 11.9 Å². The summed E-state index contributed by atoms with van der Waals surface area (Å²) in [5.74, 6) is 3.99. The molecule has 5 rings (SSSR count). The molecule has 0 aliphatic heterocycles. The van der Waals surface area contributed by atoms with E-state index in [0.717, 1.165) is 36.3 Å². The van der Waals surface area contributed by atoms with Crippen LogP contribution in [-0.4, -0.2) is 15.8 Å². The third kappa shape index (κ3) is 1.67. The van der Waals surface area contributed by atoms with Crippen molar-refractivity contribution in [1.29, 1.82) is 0 Å². The van der Waals surface area contributed by atoms with Crippen LogP contribution in [0.25, 0.3) is 0 Å². The Morgan fingerprint density at radius 1 is 1.17 bits per heavy atom. The lowest BCUT2D eigenvalue weighted by atomic mass is 9.54. The Hall–Kier alpha value is -0.990. The van der Waals surface area contributed by atoms with E-state index in [-0.39, 0.29) is 0 Å². The zero-order valence-corrected chi connectivity index (χ0v) is 11.2. The molecule has 3 nitrogen and oxygen atoms in total. The highest BCUT2D eigenvalue weighted by Gasteiger charge is 2.48. The van der Waals surface area contributed by atoms with Crippen LogP contribution in [0.4, 0.5) is 5.69 Å². The third-order valence-corrected chi connectivity index (χ3v) is 5.52. The molecule has 4 fully saturated rings. The summed E-state index contributed by atoms with van der Waals surface area (Å²) >= 11 is 0. The van der Waals surface area contributed by atoms with Gasteiger partial charge < -0.3 is 5.32 Å². The molecule has 4 saturated carbocycles. The van der Waals surface area contributed by atoms with Gasteiger partial charge in [0.15, 0.2) is 0 Å². The molecule has 3 heteroatoms. The van der Waals surface area contributed by atoms with Gasteiger partial charge in [-0.3, -0.25) is 4.68 Å². The minimum atomic E-state index is 0.729. The third-order valence-electron chi connectivity index (χ3n) is 5.52. The maximum Gasteiger partial charge on any atom is 0.0728 e. The molecule has 0 radical (unpaired) electrons. The minimum Gasteiger partial charge on any atom is -0.379 e. The summed E-state index contributed by atoms with van der Waals surface area (Å²) in [7, 11) is 0. The van der Waals surface area contributed by atoms with Crippen molar-refractivity contribution in [3.63, 3.8) is 0 Å². The molecule has 0 amide bonds. The average molecular weight is 245 g/mol. The summed E-state index contributed by atoms with van der Waals surface area (Å²) in [6, 6.07) is 0.729. The number of nitrogens with zero attached hydrogens (tertiary/aromatic N) is 2. The first kappa shape index (κ1) is 10.9.